The molecule has 7 heteroatoms. The lowest BCUT2D eigenvalue weighted by atomic mass is 10.1. The number of nitrogens with one attached hydrogen (secondary N) is 2. The molecule has 2 amide bonds. The van der Waals surface area contributed by atoms with Crippen LogP contribution in [0.1, 0.15) is 33.4 Å². The Labute approximate surface area is 156 Å². The van der Waals surface area contributed by atoms with E-state index in [2.05, 4.69) is 46.9 Å². The number of thiophene rings is 1. The Morgan fingerprint density at radius 2 is 1.81 bits per heavy atom. The zero-order valence-corrected chi connectivity index (χ0v) is 15.9. The Kier molecular flexibility index (Phi) is 5.37. The molecule has 26 heavy (non-hydrogen) atoms. The molecule has 136 valence electrons. The molecule has 0 saturated heterocycles. The van der Waals surface area contributed by atoms with Gasteiger partial charge in [-0.1, -0.05) is 29.8 Å². The van der Waals surface area contributed by atoms with Crippen LogP contribution >= 0.6 is 11.3 Å². The van der Waals surface area contributed by atoms with E-state index in [1.807, 2.05) is 17.7 Å². The fourth-order valence-electron chi connectivity index (χ4n) is 2.70. The summed E-state index contributed by atoms with van der Waals surface area (Å²) in [5.74, 6) is -0.231. The van der Waals surface area contributed by atoms with E-state index in [4.69, 9.17) is 0 Å². The number of hydrogen-bond donors (Lipinski definition) is 2. The lowest BCUT2D eigenvalue weighted by Crippen LogP contribution is -2.33. The van der Waals surface area contributed by atoms with Crippen molar-refractivity contribution in [2.45, 2.75) is 27.3 Å². The van der Waals surface area contributed by atoms with Crippen molar-refractivity contribution in [3.63, 3.8) is 0 Å². The van der Waals surface area contributed by atoms with Crippen LogP contribution in [0.2, 0.25) is 0 Å². The summed E-state index contributed by atoms with van der Waals surface area (Å²) in [5, 5.41) is 11.1. The molecular formula is C19H22N4O2S. The van der Waals surface area contributed by atoms with E-state index in [-0.39, 0.29) is 11.8 Å². The van der Waals surface area contributed by atoms with E-state index >= 15 is 0 Å². The van der Waals surface area contributed by atoms with Gasteiger partial charge in [-0.2, -0.15) is 5.10 Å². The van der Waals surface area contributed by atoms with Crippen molar-refractivity contribution >= 4 is 33.4 Å². The molecule has 2 heterocycles. The largest absolute Gasteiger partial charge is 0.355 e. The summed E-state index contributed by atoms with van der Waals surface area (Å²) in [6, 6.07) is 10.3. The molecule has 0 spiro atoms. The van der Waals surface area contributed by atoms with Gasteiger partial charge >= 0.3 is 0 Å². The molecule has 2 N–H and O–H groups in total. The molecule has 0 atom stereocenters. The first kappa shape index (κ1) is 18.1. The second-order valence-electron chi connectivity index (χ2n) is 6.30. The summed E-state index contributed by atoms with van der Waals surface area (Å²) in [6.45, 7) is 6.98. The number of carbonyl (C=O) groups is 2. The number of hydrogen-bond acceptors (Lipinski definition) is 4. The first-order valence-electron chi connectivity index (χ1n) is 8.49. The van der Waals surface area contributed by atoms with Gasteiger partial charge in [-0.25, -0.2) is 0 Å². The molecule has 3 aromatic rings. The summed E-state index contributed by atoms with van der Waals surface area (Å²) >= 11 is 1.44. The third-order valence-electron chi connectivity index (χ3n) is 4.07. The monoisotopic (exact) mass is 370 g/mol. The molecule has 6 nitrogen and oxygen atoms in total. The molecule has 1 aromatic carbocycles. The second-order valence-corrected chi connectivity index (χ2v) is 7.33. The summed E-state index contributed by atoms with van der Waals surface area (Å²) in [5.41, 5.74) is 3.32. The van der Waals surface area contributed by atoms with Crippen LogP contribution in [0.4, 0.5) is 0 Å². The van der Waals surface area contributed by atoms with Crippen molar-refractivity contribution in [2.24, 2.45) is 0 Å². The maximum atomic E-state index is 12.3. The summed E-state index contributed by atoms with van der Waals surface area (Å²) in [7, 11) is 0. The number of carbonyl (C=O) groups excluding carboxylic acids is 2. The van der Waals surface area contributed by atoms with Crippen molar-refractivity contribution < 1.29 is 9.59 Å². The van der Waals surface area contributed by atoms with Crippen molar-refractivity contribution in [1.82, 2.24) is 20.4 Å². The van der Waals surface area contributed by atoms with E-state index < -0.39 is 0 Å². The number of benzene rings is 1. The van der Waals surface area contributed by atoms with Gasteiger partial charge in [-0.3, -0.25) is 14.3 Å². The quantitative estimate of drug-likeness (QED) is 0.655. The third-order valence-corrected chi connectivity index (χ3v) is 5.22. The van der Waals surface area contributed by atoms with Crippen molar-refractivity contribution in [3.8, 4) is 0 Å². The summed E-state index contributed by atoms with van der Waals surface area (Å²) in [4.78, 5) is 24.8. The highest BCUT2D eigenvalue weighted by Crippen LogP contribution is 2.28. The van der Waals surface area contributed by atoms with Crippen molar-refractivity contribution in [1.29, 1.82) is 0 Å². The number of aryl methyl sites for hydroxylation is 2. The van der Waals surface area contributed by atoms with Crippen molar-refractivity contribution in [2.75, 3.05) is 13.1 Å². The number of nitrogens with zero attached hydrogens (tertiary/aromatic N) is 2. The van der Waals surface area contributed by atoms with Crippen LogP contribution in [0.15, 0.2) is 30.3 Å². The van der Waals surface area contributed by atoms with Gasteiger partial charge in [0.2, 0.25) is 5.91 Å². The summed E-state index contributed by atoms with van der Waals surface area (Å²) in [6.07, 6.45) is 0. The van der Waals surface area contributed by atoms with Crippen LogP contribution in [-0.4, -0.2) is 34.7 Å². The van der Waals surface area contributed by atoms with Crippen LogP contribution in [-0.2, 0) is 11.3 Å². The number of aromatic nitrogens is 2. The first-order valence-corrected chi connectivity index (χ1v) is 9.31. The Bertz CT molecular complexity index is 941. The van der Waals surface area contributed by atoms with E-state index in [9.17, 15) is 9.59 Å². The third kappa shape index (κ3) is 4.11. The highest BCUT2D eigenvalue weighted by molar-refractivity contribution is 7.20. The minimum Gasteiger partial charge on any atom is -0.355 e. The predicted molar refractivity (Wildman–Crippen MR) is 104 cm³/mol. The molecule has 0 radical (unpaired) electrons. The molecule has 0 fully saturated rings. The molecule has 0 aliphatic rings. The van der Waals surface area contributed by atoms with Crippen LogP contribution < -0.4 is 10.6 Å². The van der Waals surface area contributed by atoms with Gasteiger partial charge in [0, 0.05) is 25.4 Å². The van der Waals surface area contributed by atoms with Crippen molar-refractivity contribution in [3.05, 3.63) is 52.0 Å². The minimum absolute atomic E-state index is 0.104. The van der Waals surface area contributed by atoms with Gasteiger partial charge < -0.3 is 10.6 Å². The molecule has 3 rings (SSSR count). The Balaban J connectivity index is 1.75. The maximum absolute atomic E-state index is 12.3. The predicted octanol–water partition coefficient (Wildman–Crippen LogP) is 2.63. The van der Waals surface area contributed by atoms with E-state index in [1.54, 1.807) is 0 Å². The number of amides is 2. The molecule has 0 saturated carbocycles. The van der Waals surface area contributed by atoms with Gasteiger partial charge in [-0.05, 0) is 25.5 Å². The zero-order chi connectivity index (χ0) is 18.7. The lowest BCUT2D eigenvalue weighted by molar-refractivity contribution is -0.118. The van der Waals surface area contributed by atoms with E-state index in [0.717, 1.165) is 15.9 Å². The highest BCUT2D eigenvalue weighted by atomic mass is 32.1. The van der Waals surface area contributed by atoms with Crippen LogP contribution in [0, 0.1) is 13.8 Å². The zero-order valence-electron chi connectivity index (χ0n) is 15.1. The smallest absolute Gasteiger partial charge is 0.261 e. The maximum Gasteiger partial charge on any atom is 0.261 e. The summed E-state index contributed by atoms with van der Waals surface area (Å²) < 4.78 is 1.95. The molecular weight excluding hydrogens is 348 g/mol. The Morgan fingerprint density at radius 3 is 2.50 bits per heavy atom. The lowest BCUT2D eigenvalue weighted by Gasteiger charge is -2.04. The second kappa shape index (κ2) is 7.70. The molecule has 0 bridgehead atoms. The van der Waals surface area contributed by atoms with Gasteiger partial charge in [0.15, 0.2) is 0 Å². The van der Waals surface area contributed by atoms with Crippen LogP contribution in [0.5, 0.6) is 0 Å². The fraction of sp³-hybridized carbons (Fsp3) is 0.316. The number of rotatable bonds is 6. The van der Waals surface area contributed by atoms with E-state index in [1.165, 1.54) is 29.4 Å². The van der Waals surface area contributed by atoms with E-state index in [0.29, 0.717) is 24.5 Å². The minimum atomic E-state index is -0.127. The number of fused-ring (bicyclic) bond motifs is 1. The van der Waals surface area contributed by atoms with Gasteiger partial charge in [0.25, 0.3) is 5.91 Å². The molecule has 0 unspecified atom stereocenters. The Morgan fingerprint density at radius 1 is 1.12 bits per heavy atom. The van der Waals surface area contributed by atoms with Gasteiger partial charge in [0.1, 0.15) is 4.83 Å². The van der Waals surface area contributed by atoms with Crippen LogP contribution in [0.3, 0.4) is 0 Å². The topological polar surface area (TPSA) is 76.0 Å². The molecule has 0 aliphatic carbocycles. The standard InChI is InChI=1S/C19H22N4O2S/c1-12-4-6-15(7-5-12)11-23-19-16(13(2)22-23)10-17(26-19)18(25)21-9-8-20-14(3)24/h4-7,10H,8-9,11H2,1-3H3,(H,20,24)(H,21,25). The molecule has 0 aliphatic heterocycles. The normalized spacial score (nSPS) is 10.9. The van der Waals surface area contributed by atoms with Crippen LogP contribution in [0.25, 0.3) is 10.2 Å². The fourth-order valence-corrected chi connectivity index (χ4v) is 3.78. The average molecular weight is 370 g/mol. The SMILES string of the molecule is CC(=O)NCCNC(=O)c1cc2c(C)nn(Cc3ccc(C)cc3)c2s1. The Hall–Kier alpha value is -2.67. The first-order chi connectivity index (χ1) is 12.4. The van der Waals surface area contributed by atoms with Gasteiger partial charge in [0.05, 0.1) is 17.1 Å². The van der Waals surface area contributed by atoms with Gasteiger partial charge in [-0.15, -0.1) is 11.3 Å². The average Bonchev–Trinajstić information content (AvgIpc) is 3.15. The highest BCUT2D eigenvalue weighted by Gasteiger charge is 2.16. The molecule has 2 aromatic heterocycles.